The van der Waals surface area contributed by atoms with E-state index in [0.29, 0.717) is 11.3 Å². The van der Waals surface area contributed by atoms with E-state index in [1.807, 2.05) is 25.2 Å². The molecule has 138 valence electrons. The van der Waals surface area contributed by atoms with Crippen LogP contribution in [0.3, 0.4) is 0 Å². The van der Waals surface area contributed by atoms with Crippen molar-refractivity contribution in [2.45, 2.75) is 19.0 Å². The number of hydrogen-bond donors (Lipinski definition) is 1. The third kappa shape index (κ3) is 4.06. The van der Waals surface area contributed by atoms with Crippen LogP contribution in [0.25, 0.3) is 11.3 Å². The molecule has 1 unspecified atom stereocenters. The first-order valence-electron chi connectivity index (χ1n) is 9.20. The van der Waals surface area contributed by atoms with Crippen LogP contribution in [0.1, 0.15) is 22.3 Å². The van der Waals surface area contributed by atoms with Crippen molar-refractivity contribution in [3.63, 3.8) is 0 Å². The van der Waals surface area contributed by atoms with Gasteiger partial charge in [0, 0.05) is 56.9 Å². The summed E-state index contributed by atoms with van der Waals surface area (Å²) in [4.78, 5) is 19.3. The van der Waals surface area contributed by atoms with Crippen molar-refractivity contribution in [2.24, 2.45) is 7.05 Å². The van der Waals surface area contributed by atoms with E-state index in [4.69, 9.17) is 0 Å². The minimum atomic E-state index is -0.0681. The monoisotopic (exact) mass is 361 g/mol. The van der Waals surface area contributed by atoms with Crippen molar-refractivity contribution < 1.29 is 4.79 Å². The summed E-state index contributed by atoms with van der Waals surface area (Å²) in [5.74, 6) is -0.0681. The number of carbonyl (C=O) groups excluding carboxylic acids is 1. The van der Waals surface area contributed by atoms with Gasteiger partial charge < -0.3 is 5.32 Å². The highest BCUT2D eigenvalue weighted by molar-refractivity contribution is 5.99. The summed E-state index contributed by atoms with van der Waals surface area (Å²) in [6, 6.07) is 14.3. The summed E-state index contributed by atoms with van der Waals surface area (Å²) in [7, 11) is 1.83. The molecule has 0 spiro atoms. The number of amides is 1. The number of benzene rings is 1. The highest BCUT2D eigenvalue weighted by atomic mass is 16.1. The summed E-state index contributed by atoms with van der Waals surface area (Å²) in [5.41, 5.74) is 3.49. The number of nitrogens with zero attached hydrogens (tertiary/aromatic N) is 4. The van der Waals surface area contributed by atoms with Gasteiger partial charge in [0.15, 0.2) is 0 Å². The molecular weight excluding hydrogens is 338 g/mol. The largest absolute Gasteiger partial charge is 0.348 e. The average molecular weight is 361 g/mol. The lowest BCUT2D eigenvalue weighted by Crippen LogP contribution is -2.37. The number of hydrogen-bond acceptors (Lipinski definition) is 4. The van der Waals surface area contributed by atoms with Crippen molar-refractivity contribution >= 4 is 5.91 Å². The van der Waals surface area contributed by atoms with Crippen LogP contribution < -0.4 is 5.32 Å². The SMILES string of the molecule is Cn1cc(C(=O)NC2CCN(Cc3ccccc3)C2)c(-c2ccncc2)n1. The van der Waals surface area contributed by atoms with Gasteiger partial charge in [0.2, 0.25) is 0 Å². The van der Waals surface area contributed by atoms with Gasteiger partial charge in [-0.25, -0.2) is 0 Å². The molecule has 1 N–H and O–H groups in total. The van der Waals surface area contributed by atoms with Gasteiger partial charge in [-0.1, -0.05) is 30.3 Å². The molecule has 0 saturated carbocycles. The minimum absolute atomic E-state index is 0.0681. The quantitative estimate of drug-likeness (QED) is 0.758. The van der Waals surface area contributed by atoms with Crippen LogP contribution >= 0.6 is 0 Å². The van der Waals surface area contributed by atoms with Crippen molar-refractivity contribution in [1.29, 1.82) is 0 Å². The molecule has 6 heteroatoms. The van der Waals surface area contributed by atoms with Gasteiger partial charge in [0.05, 0.1) is 5.56 Å². The van der Waals surface area contributed by atoms with E-state index in [9.17, 15) is 4.79 Å². The van der Waals surface area contributed by atoms with Crippen LogP contribution in [0.2, 0.25) is 0 Å². The summed E-state index contributed by atoms with van der Waals surface area (Å²) < 4.78 is 1.68. The predicted molar refractivity (Wildman–Crippen MR) is 104 cm³/mol. The molecule has 27 heavy (non-hydrogen) atoms. The highest BCUT2D eigenvalue weighted by Crippen LogP contribution is 2.22. The fraction of sp³-hybridized carbons (Fsp3) is 0.286. The molecule has 1 aromatic carbocycles. The minimum Gasteiger partial charge on any atom is -0.348 e. The first-order chi connectivity index (χ1) is 13.2. The fourth-order valence-corrected chi connectivity index (χ4v) is 3.58. The first-order valence-corrected chi connectivity index (χ1v) is 9.20. The van der Waals surface area contributed by atoms with E-state index < -0.39 is 0 Å². The summed E-state index contributed by atoms with van der Waals surface area (Å²) >= 11 is 0. The molecule has 2 aromatic heterocycles. The molecule has 1 aliphatic rings. The lowest BCUT2D eigenvalue weighted by Gasteiger charge is -2.16. The van der Waals surface area contributed by atoms with Gasteiger partial charge in [0.1, 0.15) is 5.69 Å². The number of aromatic nitrogens is 3. The molecule has 1 atom stereocenters. The Morgan fingerprint density at radius 2 is 1.96 bits per heavy atom. The first kappa shape index (κ1) is 17.4. The normalized spacial score (nSPS) is 17.1. The molecule has 1 amide bonds. The third-order valence-corrected chi connectivity index (χ3v) is 4.88. The number of aryl methyl sites for hydroxylation is 1. The zero-order valence-electron chi connectivity index (χ0n) is 15.4. The van der Waals surface area contributed by atoms with Gasteiger partial charge in [-0.2, -0.15) is 5.10 Å². The zero-order valence-corrected chi connectivity index (χ0v) is 15.4. The van der Waals surface area contributed by atoms with E-state index in [1.165, 1.54) is 5.56 Å². The molecule has 4 rings (SSSR count). The Bertz CT molecular complexity index is 907. The number of rotatable bonds is 5. The number of carbonyl (C=O) groups is 1. The Kier molecular flexibility index (Phi) is 4.98. The van der Waals surface area contributed by atoms with E-state index in [2.05, 4.69) is 44.6 Å². The molecule has 6 nitrogen and oxygen atoms in total. The average Bonchev–Trinajstić information content (AvgIpc) is 3.29. The standard InChI is InChI=1S/C21H23N5O/c1-25-15-19(20(24-25)17-7-10-22-11-8-17)21(27)23-18-9-12-26(14-18)13-16-5-3-2-4-6-16/h2-8,10-11,15,18H,9,12-14H2,1H3,(H,23,27). The van der Waals surface area contributed by atoms with Crippen LogP contribution in [0, 0.1) is 0 Å². The maximum Gasteiger partial charge on any atom is 0.255 e. The van der Waals surface area contributed by atoms with Crippen LogP contribution in [-0.2, 0) is 13.6 Å². The molecule has 0 bridgehead atoms. The van der Waals surface area contributed by atoms with Gasteiger partial charge in [0.25, 0.3) is 5.91 Å². The van der Waals surface area contributed by atoms with Gasteiger partial charge in [-0.05, 0) is 24.1 Å². The lowest BCUT2D eigenvalue weighted by atomic mass is 10.1. The molecular formula is C21H23N5O. The topological polar surface area (TPSA) is 63.1 Å². The molecule has 3 heterocycles. The molecule has 1 aliphatic heterocycles. The predicted octanol–water partition coefficient (Wildman–Crippen LogP) is 2.49. The third-order valence-electron chi connectivity index (χ3n) is 4.88. The molecule has 0 radical (unpaired) electrons. The molecule has 1 saturated heterocycles. The van der Waals surface area contributed by atoms with Gasteiger partial charge >= 0.3 is 0 Å². The Labute approximate surface area is 158 Å². The maximum absolute atomic E-state index is 12.9. The van der Waals surface area contributed by atoms with Crippen LogP contribution in [-0.4, -0.2) is 44.7 Å². The maximum atomic E-state index is 12.9. The summed E-state index contributed by atoms with van der Waals surface area (Å²) in [5, 5.41) is 7.65. The van der Waals surface area contributed by atoms with Crippen molar-refractivity contribution in [3.05, 3.63) is 72.2 Å². The van der Waals surface area contributed by atoms with E-state index >= 15 is 0 Å². The molecule has 1 fully saturated rings. The van der Waals surface area contributed by atoms with Crippen LogP contribution in [0.15, 0.2) is 61.1 Å². The number of pyridine rings is 1. The van der Waals surface area contributed by atoms with Crippen LogP contribution in [0.5, 0.6) is 0 Å². The fourth-order valence-electron chi connectivity index (χ4n) is 3.58. The van der Waals surface area contributed by atoms with Crippen molar-refractivity contribution in [3.8, 4) is 11.3 Å². The number of likely N-dealkylation sites (tertiary alicyclic amines) is 1. The second-order valence-corrected chi connectivity index (χ2v) is 6.98. The second-order valence-electron chi connectivity index (χ2n) is 6.98. The Hall–Kier alpha value is -2.99. The summed E-state index contributed by atoms with van der Waals surface area (Å²) in [6.45, 7) is 2.78. The van der Waals surface area contributed by atoms with Crippen molar-refractivity contribution in [2.75, 3.05) is 13.1 Å². The summed E-state index contributed by atoms with van der Waals surface area (Å²) in [6.07, 6.45) is 6.17. The van der Waals surface area contributed by atoms with E-state index in [-0.39, 0.29) is 11.9 Å². The number of nitrogens with one attached hydrogen (secondary N) is 1. The van der Waals surface area contributed by atoms with Crippen LogP contribution in [0.4, 0.5) is 0 Å². The Morgan fingerprint density at radius 3 is 2.74 bits per heavy atom. The smallest absolute Gasteiger partial charge is 0.255 e. The van der Waals surface area contributed by atoms with E-state index in [0.717, 1.165) is 31.6 Å². The molecule has 3 aromatic rings. The lowest BCUT2D eigenvalue weighted by molar-refractivity contribution is 0.0938. The Balaban J connectivity index is 1.42. The molecule has 0 aliphatic carbocycles. The van der Waals surface area contributed by atoms with Crippen molar-refractivity contribution in [1.82, 2.24) is 25.0 Å². The highest BCUT2D eigenvalue weighted by Gasteiger charge is 2.26. The van der Waals surface area contributed by atoms with Gasteiger partial charge in [-0.15, -0.1) is 0 Å². The Morgan fingerprint density at radius 1 is 1.19 bits per heavy atom. The van der Waals surface area contributed by atoms with E-state index in [1.54, 1.807) is 23.3 Å². The zero-order chi connectivity index (χ0) is 18.6. The second kappa shape index (κ2) is 7.72. The van der Waals surface area contributed by atoms with Gasteiger partial charge in [-0.3, -0.25) is 19.4 Å².